The zero-order valence-electron chi connectivity index (χ0n) is 9.44. The summed E-state index contributed by atoms with van der Waals surface area (Å²) in [5.41, 5.74) is 0.210. The Balaban J connectivity index is 2.73. The molecule has 0 aliphatic rings. The predicted molar refractivity (Wildman–Crippen MR) is 68.1 cm³/mol. The van der Waals surface area contributed by atoms with Crippen molar-refractivity contribution < 1.29 is 22.3 Å². The minimum Gasteiger partial charge on any atom is -0.469 e. The molecule has 1 aromatic carbocycles. The van der Waals surface area contributed by atoms with Gasteiger partial charge in [0.05, 0.1) is 25.0 Å². The van der Waals surface area contributed by atoms with Crippen LogP contribution in [0.3, 0.4) is 0 Å². The van der Waals surface area contributed by atoms with Gasteiger partial charge in [0.2, 0.25) is 10.0 Å². The zero-order valence-corrected chi connectivity index (χ0v) is 11.8. The van der Waals surface area contributed by atoms with E-state index in [1.165, 1.54) is 13.2 Å². The number of hydrogen-bond acceptors (Lipinski definition) is 4. The van der Waals surface area contributed by atoms with Gasteiger partial charge in [-0.15, -0.1) is 0 Å². The Bertz CT molecular complexity index is 547. The average molecular weight is 340 g/mol. The van der Waals surface area contributed by atoms with E-state index in [-0.39, 0.29) is 16.6 Å². The van der Waals surface area contributed by atoms with Gasteiger partial charge in [-0.1, -0.05) is 0 Å². The number of carbonyl (C=O) groups excluding carboxylic acids is 1. The van der Waals surface area contributed by atoms with E-state index < -0.39 is 27.6 Å². The largest absolute Gasteiger partial charge is 0.469 e. The summed E-state index contributed by atoms with van der Waals surface area (Å²) in [7, 11) is -2.50. The van der Waals surface area contributed by atoms with Crippen LogP contribution in [0.2, 0.25) is 0 Å². The van der Waals surface area contributed by atoms with Crippen molar-refractivity contribution in [2.45, 2.75) is 6.42 Å². The number of methoxy groups -OCH3 is 1. The maximum atomic E-state index is 12.8. The molecule has 5 nitrogen and oxygen atoms in total. The van der Waals surface area contributed by atoms with Gasteiger partial charge in [-0.05, 0) is 34.1 Å². The average Bonchev–Trinajstić information content (AvgIpc) is 2.30. The first-order chi connectivity index (χ1) is 8.34. The first kappa shape index (κ1) is 14.9. The van der Waals surface area contributed by atoms with Crippen LogP contribution in [0.5, 0.6) is 0 Å². The van der Waals surface area contributed by atoms with Gasteiger partial charge in [-0.25, -0.2) is 12.8 Å². The fourth-order valence-corrected chi connectivity index (χ4v) is 2.74. The van der Waals surface area contributed by atoms with Crippen molar-refractivity contribution in [2.24, 2.45) is 0 Å². The van der Waals surface area contributed by atoms with E-state index in [0.717, 1.165) is 12.1 Å². The van der Waals surface area contributed by atoms with Gasteiger partial charge in [0.25, 0.3) is 0 Å². The van der Waals surface area contributed by atoms with Crippen LogP contribution in [0.25, 0.3) is 0 Å². The molecule has 0 aliphatic carbocycles. The molecule has 1 rings (SSSR count). The molecule has 1 N–H and O–H groups in total. The van der Waals surface area contributed by atoms with Crippen molar-refractivity contribution in [1.82, 2.24) is 0 Å². The Morgan fingerprint density at radius 3 is 2.72 bits per heavy atom. The molecular weight excluding hydrogens is 329 g/mol. The fourth-order valence-electron chi connectivity index (χ4n) is 1.11. The second-order valence-corrected chi connectivity index (χ2v) is 6.07. The van der Waals surface area contributed by atoms with Crippen LogP contribution in [0.15, 0.2) is 22.7 Å². The Morgan fingerprint density at radius 2 is 2.17 bits per heavy atom. The van der Waals surface area contributed by atoms with Crippen LogP contribution < -0.4 is 4.72 Å². The van der Waals surface area contributed by atoms with E-state index in [1.807, 2.05) is 0 Å². The van der Waals surface area contributed by atoms with Crippen LogP contribution in [0.4, 0.5) is 10.1 Å². The van der Waals surface area contributed by atoms with Crippen molar-refractivity contribution in [3.05, 3.63) is 28.5 Å². The highest BCUT2D eigenvalue weighted by atomic mass is 79.9. The Kier molecular flexibility index (Phi) is 5.09. The van der Waals surface area contributed by atoms with E-state index in [1.54, 1.807) is 0 Å². The second-order valence-electron chi connectivity index (χ2n) is 3.37. The number of benzene rings is 1. The number of hydrogen-bond donors (Lipinski definition) is 1. The first-order valence-electron chi connectivity index (χ1n) is 4.86. The molecule has 18 heavy (non-hydrogen) atoms. The molecule has 0 amide bonds. The summed E-state index contributed by atoms with van der Waals surface area (Å²) in [6, 6.07) is 3.55. The van der Waals surface area contributed by atoms with Gasteiger partial charge < -0.3 is 4.74 Å². The Morgan fingerprint density at radius 1 is 1.50 bits per heavy atom. The summed E-state index contributed by atoms with van der Waals surface area (Å²) in [5, 5.41) is 0. The molecule has 1 aromatic rings. The summed E-state index contributed by atoms with van der Waals surface area (Å²) >= 11 is 3.03. The second kappa shape index (κ2) is 6.14. The first-order valence-corrected chi connectivity index (χ1v) is 7.31. The number of rotatable bonds is 5. The fraction of sp³-hybridized carbons (Fsp3) is 0.300. The molecule has 0 saturated carbocycles. The maximum Gasteiger partial charge on any atom is 0.306 e. The standard InChI is InChI=1S/C10H11BrFNO4S/c1-17-10(14)4-5-18(15,16)13-9-3-2-7(12)6-8(9)11/h2-3,6,13H,4-5H2,1H3. The van der Waals surface area contributed by atoms with Gasteiger partial charge in [-0.2, -0.15) is 0 Å². The minimum absolute atomic E-state index is 0.210. The molecule has 0 saturated heterocycles. The van der Waals surface area contributed by atoms with Crippen LogP contribution in [0, 0.1) is 5.82 Å². The topological polar surface area (TPSA) is 72.5 Å². The van der Waals surface area contributed by atoms with Crippen LogP contribution in [-0.4, -0.2) is 27.2 Å². The van der Waals surface area contributed by atoms with Crippen molar-refractivity contribution >= 4 is 37.6 Å². The lowest BCUT2D eigenvalue weighted by atomic mass is 10.3. The number of nitrogens with one attached hydrogen (secondary N) is 1. The van der Waals surface area contributed by atoms with Gasteiger partial charge in [-0.3, -0.25) is 9.52 Å². The summed E-state index contributed by atoms with van der Waals surface area (Å²) in [5.74, 6) is -1.50. The molecule has 8 heteroatoms. The van der Waals surface area contributed by atoms with E-state index in [4.69, 9.17) is 0 Å². The van der Waals surface area contributed by atoms with Crippen molar-refractivity contribution in [3.8, 4) is 0 Å². The SMILES string of the molecule is COC(=O)CCS(=O)(=O)Nc1ccc(F)cc1Br. The summed E-state index contributed by atoms with van der Waals surface area (Å²) in [6.45, 7) is 0. The monoisotopic (exact) mass is 339 g/mol. The molecule has 0 aliphatic heterocycles. The highest BCUT2D eigenvalue weighted by Gasteiger charge is 2.15. The van der Waals surface area contributed by atoms with Crippen LogP contribution in [-0.2, 0) is 19.6 Å². The van der Waals surface area contributed by atoms with E-state index >= 15 is 0 Å². The molecule has 0 fully saturated rings. The summed E-state index contributed by atoms with van der Waals surface area (Å²) in [6.07, 6.45) is -0.245. The van der Waals surface area contributed by atoms with Crippen LogP contribution in [0.1, 0.15) is 6.42 Å². The third kappa shape index (κ3) is 4.61. The Labute approximate surface area is 113 Å². The van der Waals surface area contributed by atoms with E-state index in [2.05, 4.69) is 25.4 Å². The summed E-state index contributed by atoms with van der Waals surface area (Å²) in [4.78, 5) is 10.8. The lowest BCUT2D eigenvalue weighted by Gasteiger charge is -2.09. The highest BCUT2D eigenvalue weighted by Crippen LogP contribution is 2.24. The van der Waals surface area contributed by atoms with Crippen molar-refractivity contribution in [1.29, 1.82) is 0 Å². The molecular formula is C10H11BrFNO4S. The van der Waals surface area contributed by atoms with E-state index in [0.29, 0.717) is 0 Å². The molecule has 0 heterocycles. The van der Waals surface area contributed by atoms with Gasteiger partial charge >= 0.3 is 5.97 Å². The number of anilines is 1. The van der Waals surface area contributed by atoms with Gasteiger partial charge in [0, 0.05) is 4.47 Å². The third-order valence-electron chi connectivity index (χ3n) is 2.00. The molecule has 0 spiro atoms. The zero-order chi connectivity index (χ0) is 13.8. The number of esters is 1. The minimum atomic E-state index is -3.68. The Hall–Kier alpha value is -1.15. The number of carbonyl (C=O) groups is 1. The maximum absolute atomic E-state index is 12.8. The summed E-state index contributed by atoms with van der Waals surface area (Å²) < 4.78 is 42.9. The number of halogens is 2. The van der Waals surface area contributed by atoms with Gasteiger partial charge in [0.15, 0.2) is 0 Å². The molecule has 100 valence electrons. The number of sulfonamides is 1. The molecule has 0 radical (unpaired) electrons. The normalized spacial score (nSPS) is 11.1. The molecule has 0 atom stereocenters. The lowest BCUT2D eigenvalue weighted by molar-refractivity contribution is -0.140. The predicted octanol–water partition coefficient (Wildman–Crippen LogP) is 1.89. The van der Waals surface area contributed by atoms with Crippen LogP contribution >= 0.6 is 15.9 Å². The molecule has 0 bridgehead atoms. The van der Waals surface area contributed by atoms with Crippen molar-refractivity contribution in [2.75, 3.05) is 17.6 Å². The van der Waals surface area contributed by atoms with Crippen molar-refractivity contribution in [3.63, 3.8) is 0 Å². The molecule has 0 unspecified atom stereocenters. The smallest absolute Gasteiger partial charge is 0.306 e. The quantitative estimate of drug-likeness (QED) is 0.831. The lowest BCUT2D eigenvalue weighted by Crippen LogP contribution is -2.19. The third-order valence-corrected chi connectivity index (χ3v) is 3.93. The van der Waals surface area contributed by atoms with Gasteiger partial charge in [0.1, 0.15) is 5.82 Å². The highest BCUT2D eigenvalue weighted by molar-refractivity contribution is 9.10. The van der Waals surface area contributed by atoms with E-state index in [9.17, 15) is 17.6 Å². The molecule has 0 aromatic heterocycles. The number of ether oxygens (including phenoxy) is 1.